The maximum Gasteiger partial charge on any atom is 0.227 e. The first-order valence-corrected chi connectivity index (χ1v) is 12.2. The number of pyridine rings is 4. The topological polar surface area (TPSA) is 125 Å². The summed E-state index contributed by atoms with van der Waals surface area (Å²) in [5, 5.41) is 3.93. The molecule has 0 bridgehead atoms. The van der Waals surface area contributed by atoms with E-state index in [1.54, 1.807) is 37.2 Å². The van der Waals surface area contributed by atoms with Crippen LogP contribution in [0.15, 0.2) is 73.8 Å². The summed E-state index contributed by atoms with van der Waals surface area (Å²) in [6.45, 7) is 0. The Bertz CT molecular complexity index is 1770. The minimum atomic E-state index is 0.0669. The molecule has 1 fully saturated rings. The lowest BCUT2D eigenvalue weighted by atomic mass is 9.85. The molecule has 0 spiro atoms. The molecule has 7 rings (SSSR count). The van der Waals surface area contributed by atoms with Crippen LogP contribution in [0.25, 0.3) is 55.7 Å². The highest BCUT2D eigenvalue weighted by molar-refractivity contribution is 5.98. The van der Waals surface area contributed by atoms with Crippen LogP contribution in [0.2, 0.25) is 0 Å². The monoisotopic (exact) mass is 486 g/mol. The van der Waals surface area contributed by atoms with E-state index >= 15 is 0 Å². The van der Waals surface area contributed by atoms with Crippen LogP contribution in [0.1, 0.15) is 19.3 Å². The molecule has 1 aliphatic carbocycles. The molecule has 0 aromatic carbocycles. The van der Waals surface area contributed by atoms with Crippen molar-refractivity contribution in [2.75, 3.05) is 5.32 Å². The molecule has 6 aromatic rings. The average Bonchev–Trinajstić information content (AvgIpc) is 3.52. The molecular formula is C28H22N8O. The number of carbonyl (C=O) groups is 1. The van der Waals surface area contributed by atoms with Crippen molar-refractivity contribution in [2.24, 2.45) is 5.92 Å². The Morgan fingerprint density at radius 1 is 0.892 bits per heavy atom. The van der Waals surface area contributed by atoms with E-state index in [2.05, 4.69) is 41.3 Å². The zero-order chi connectivity index (χ0) is 24.8. The molecule has 9 heteroatoms. The third kappa shape index (κ3) is 3.81. The number of fused-ring (bicyclic) bond motifs is 2. The Balaban J connectivity index is 1.26. The number of rotatable bonds is 5. The second kappa shape index (κ2) is 8.63. The van der Waals surface area contributed by atoms with Crippen molar-refractivity contribution in [1.29, 1.82) is 0 Å². The molecule has 6 heterocycles. The number of aromatic amines is 2. The largest absolute Gasteiger partial charge is 0.345 e. The Hall–Kier alpha value is -4.92. The average molecular weight is 487 g/mol. The molecule has 0 unspecified atom stereocenters. The van der Waals surface area contributed by atoms with Gasteiger partial charge in [-0.3, -0.25) is 19.7 Å². The number of nitrogens with one attached hydrogen (secondary N) is 3. The molecule has 0 aliphatic heterocycles. The molecule has 37 heavy (non-hydrogen) atoms. The van der Waals surface area contributed by atoms with Gasteiger partial charge in [0.1, 0.15) is 11.5 Å². The van der Waals surface area contributed by atoms with Crippen LogP contribution in [0.5, 0.6) is 0 Å². The van der Waals surface area contributed by atoms with E-state index in [0.717, 1.165) is 75.0 Å². The molecule has 0 radical (unpaired) electrons. The Morgan fingerprint density at radius 3 is 2.57 bits per heavy atom. The number of nitrogens with zero attached hydrogens (tertiary/aromatic N) is 5. The van der Waals surface area contributed by atoms with Crippen LogP contribution >= 0.6 is 0 Å². The fourth-order valence-corrected chi connectivity index (χ4v) is 4.74. The summed E-state index contributed by atoms with van der Waals surface area (Å²) < 4.78 is 0. The third-order valence-electron chi connectivity index (χ3n) is 6.99. The molecular weight excluding hydrogens is 464 g/mol. The van der Waals surface area contributed by atoms with Crippen molar-refractivity contribution >= 4 is 33.7 Å². The normalized spacial score (nSPS) is 13.6. The first-order valence-electron chi connectivity index (χ1n) is 12.2. The van der Waals surface area contributed by atoms with E-state index < -0.39 is 0 Å². The second-order valence-corrected chi connectivity index (χ2v) is 9.31. The maximum absolute atomic E-state index is 12.4. The van der Waals surface area contributed by atoms with Crippen LogP contribution in [0.4, 0.5) is 5.69 Å². The number of H-pyrrole nitrogens is 2. The SMILES string of the molecule is O=C(Nc1cncc(-c2cnc3[nH]cc(-c4nc5c(-c6ccncc6)cncc5[nH]4)c3c2)c1)C1CCC1. The van der Waals surface area contributed by atoms with Crippen molar-refractivity contribution < 1.29 is 4.79 Å². The number of aromatic nitrogens is 7. The van der Waals surface area contributed by atoms with Crippen LogP contribution in [0.3, 0.4) is 0 Å². The zero-order valence-corrected chi connectivity index (χ0v) is 19.8. The summed E-state index contributed by atoms with van der Waals surface area (Å²) in [5.74, 6) is 0.905. The van der Waals surface area contributed by atoms with Gasteiger partial charge in [0.25, 0.3) is 0 Å². The quantitative estimate of drug-likeness (QED) is 0.301. The van der Waals surface area contributed by atoms with Gasteiger partial charge in [-0.1, -0.05) is 6.42 Å². The molecule has 1 aliphatic rings. The number of carbonyl (C=O) groups excluding carboxylic acids is 1. The van der Waals surface area contributed by atoms with Crippen LogP contribution in [0, 0.1) is 5.92 Å². The first kappa shape index (κ1) is 21.4. The summed E-state index contributed by atoms with van der Waals surface area (Å²) in [5.41, 5.74) is 7.77. The van der Waals surface area contributed by atoms with E-state index in [0.29, 0.717) is 5.69 Å². The maximum atomic E-state index is 12.4. The molecule has 0 saturated heterocycles. The van der Waals surface area contributed by atoms with Crippen LogP contribution in [-0.4, -0.2) is 40.8 Å². The van der Waals surface area contributed by atoms with Crippen LogP contribution in [-0.2, 0) is 4.79 Å². The van der Waals surface area contributed by atoms with Gasteiger partial charge in [0.15, 0.2) is 0 Å². The molecule has 0 atom stereocenters. The number of amides is 1. The minimum Gasteiger partial charge on any atom is -0.345 e. The Morgan fingerprint density at radius 2 is 1.73 bits per heavy atom. The summed E-state index contributed by atoms with van der Waals surface area (Å²) in [6.07, 6.45) is 17.3. The van der Waals surface area contributed by atoms with E-state index in [4.69, 9.17) is 4.98 Å². The van der Waals surface area contributed by atoms with Crippen molar-refractivity contribution in [2.45, 2.75) is 19.3 Å². The van der Waals surface area contributed by atoms with Crippen molar-refractivity contribution in [3.05, 3.63) is 73.8 Å². The van der Waals surface area contributed by atoms with Gasteiger partial charge in [-0.2, -0.15) is 0 Å². The lowest BCUT2D eigenvalue weighted by Crippen LogP contribution is -2.28. The number of imidazole rings is 1. The van der Waals surface area contributed by atoms with Crippen LogP contribution < -0.4 is 5.32 Å². The molecule has 180 valence electrons. The van der Waals surface area contributed by atoms with Gasteiger partial charge in [0.05, 0.1) is 29.1 Å². The molecule has 1 saturated carbocycles. The highest BCUT2D eigenvalue weighted by Gasteiger charge is 2.25. The minimum absolute atomic E-state index is 0.0669. The number of hydrogen-bond donors (Lipinski definition) is 3. The predicted molar refractivity (Wildman–Crippen MR) is 141 cm³/mol. The highest BCUT2D eigenvalue weighted by Crippen LogP contribution is 2.33. The van der Waals surface area contributed by atoms with E-state index in [-0.39, 0.29) is 11.8 Å². The summed E-state index contributed by atoms with van der Waals surface area (Å²) in [6, 6.07) is 7.90. The smallest absolute Gasteiger partial charge is 0.227 e. The molecule has 9 nitrogen and oxygen atoms in total. The fraction of sp³-hybridized carbons (Fsp3) is 0.143. The molecule has 6 aromatic heterocycles. The van der Waals surface area contributed by atoms with Gasteiger partial charge in [0, 0.05) is 70.7 Å². The van der Waals surface area contributed by atoms with Gasteiger partial charge >= 0.3 is 0 Å². The Kier molecular flexibility index (Phi) is 4.99. The van der Waals surface area contributed by atoms with Crippen molar-refractivity contribution in [3.63, 3.8) is 0 Å². The zero-order valence-electron chi connectivity index (χ0n) is 19.8. The standard InChI is InChI=1S/C28H22N8O/c37-28(17-2-1-3-17)34-20-8-18(10-30-12-20)19-9-21-23(14-33-26(21)32-11-19)27-35-24-15-31-13-22(25(24)36-27)16-4-6-29-7-5-16/h4-15,17H,1-3H2,(H,32,33)(H,34,37)(H,35,36). The van der Waals surface area contributed by atoms with Gasteiger partial charge in [-0.05, 0) is 42.7 Å². The van der Waals surface area contributed by atoms with E-state index in [9.17, 15) is 4.79 Å². The van der Waals surface area contributed by atoms with Crippen molar-refractivity contribution in [3.8, 4) is 33.6 Å². The highest BCUT2D eigenvalue weighted by atomic mass is 16.1. The lowest BCUT2D eigenvalue weighted by Gasteiger charge is -2.24. The molecule has 1 amide bonds. The van der Waals surface area contributed by atoms with Gasteiger partial charge < -0.3 is 15.3 Å². The fourth-order valence-electron chi connectivity index (χ4n) is 4.74. The van der Waals surface area contributed by atoms with E-state index in [1.807, 2.05) is 30.6 Å². The Labute approximate surface area is 211 Å². The summed E-state index contributed by atoms with van der Waals surface area (Å²) >= 11 is 0. The first-order chi connectivity index (χ1) is 18.2. The molecule has 3 N–H and O–H groups in total. The third-order valence-corrected chi connectivity index (χ3v) is 6.99. The van der Waals surface area contributed by atoms with Gasteiger partial charge in [0.2, 0.25) is 5.91 Å². The van der Waals surface area contributed by atoms with E-state index in [1.165, 1.54) is 0 Å². The second-order valence-electron chi connectivity index (χ2n) is 9.31. The summed E-state index contributed by atoms with van der Waals surface area (Å²) in [4.78, 5) is 41.5. The predicted octanol–water partition coefficient (Wildman–Crippen LogP) is 5.36. The summed E-state index contributed by atoms with van der Waals surface area (Å²) in [7, 11) is 0. The lowest BCUT2D eigenvalue weighted by molar-refractivity contribution is -0.122. The number of anilines is 1. The number of hydrogen-bond acceptors (Lipinski definition) is 6. The van der Waals surface area contributed by atoms with Gasteiger partial charge in [-0.25, -0.2) is 9.97 Å². The van der Waals surface area contributed by atoms with Crippen molar-refractivity contribution in [1.82, 2.24) is 34.9 Å². The van der Waals surface area contributed by atoms with Gasteiger partial charge in [-0.15, -0.1) is 0 Å².